The fraction of sp³-hybridized carbons (Fsp3) is 0.333. The number of carbonyl (C=O) groups is 2. The van der Waals surface area contributed by atoms with Crippen molar-refractivity contribution in [2.45, 2.75) is 52.1 Å². The molecule has 0 bridgehead atoms. The molecule has 7 heteroatoms. The molecule has 0 spiro atoms. The maximum absolute atomic E-state index is 13.8. The number of rotatable bonds is 12. The van der Waals surface area contributed by atoms with Gasteiger partial charge in [0.15, 0.2) is 6.61 Å². The second-order valence-electron chi connectivity index (χ2n) is 9.20. The number of ether oxygens (including phenoxy) is 1. The lowest BCUT2D eigenvalue weighted by molar-refractivity contribution is -0.142. The first-order valence-corrected chi connectivity index (χ1v) is 13.3. The SMILES string of the molecule is CCCNC(=O)[C@H](Cc1ccccc1)N(Cc1c(Cl)cccc1Cl)C(=O)COc1ccccc1C(C)C. The first-order valence-electron chi connectivity index (χ1n) is 12.6. The minimum absolute atomic E-state index is 0.0730. The zero-order valence-electron chi connectivity index (χ0n) is 21.5. The van der Waals surface area contributed by atoms with Crippen LogP contribution in [0, 0.1) is 0 Å². The Kier molecular flexibility index (Phi) is 10.8. The normalized spacial score (nSPS) is 11.7. The molecule has 0 aliphatic carbocycles. The fourth-order valence-electron chi connectivity index (χ4n) is 4.09. The summed E-state index contributed by atoms with van der Waals surface area (Å²) in [5.41, 5.74) is 2.54. The highest BCUT2D eigenvalue weighted by molar-refractivity contribution is 6.36. The summed E-state index contributed by atoms with van der Waals surface area (Å²) in [5, 5.41) is 3.83. The van der Waals surface area contributed by atoms with E-state index < -0.39 is 6.04 Å². The van der Waals surface area contributed by atoms with E-state index in [4.69, 9.17) is 27.9 Å². The number of amides is 2. The van der Waals surface area contributed by atoms with Gasteiger partial charge in [-0.1, -0.05) is 98.6 Å². The van der Waals surface area contributed by atoms with Crippen molar-refractivity contribution in [1.82, 2.24) is 10.2 Å². The molecule has 3 rings (SSSR count). The summed E-state index contributed by atoms with van der Waals surface area (Å²) in [6.45, 7) is 6.49. The van der Waals surface area contributed by atoms with Crippen molar-refractivity contribution in [3.8, 4) is 5.75 Å². The third kappa shape index (κ3) is 7.98. The number of nitrogens with one attached hydrogen (secondary N) is 1. The van der Waals surface area contributed by atoms with Crippen molar-refractivity contribution in [2.24, 2.45) is 0 Å². The van der Waals surface area contributed by atoms with Crippen LogP contribution < -0.4 is 10.1 Å². The van der Waals surface area contributed by atoms with E-state index in [0.29, 0.717) is 34.3 Å². The quantitative estimate of drug-likeness (QED) is 0.279. The summed E-state index contributed by atoms with van der Waals surface area (Å²) >= 11 is 13.0. The molecule has 2 amide bonds. The highest BCUT2D eigenvalue weighted by Crippen LogP contribution is 2.28. The average Bonchev–Trinajstić information content (AvgIpc) is 2.90. The molecular formula is C30H34Cl2N2O3. The summed E-state index contributed by atoms with van der Waals surface area (Å²) in [6, 6.07) is 21.7. The maximum atomic E-state index is 13.8. The lowest BCUT2D eigenvalue weighted by Crippen LogP contribution is -2.51. The topological polar surface area (TPSA) is 58.6 Å². The molecule has 0 heterocycles. The molecular weight excluding hydrogens is 507 g/mol. The van der Waals surface area contributed by atoms with E-state index in [-0.39, 0.29) is 30.9 Å². The molecule has 5 nitrogen and oxygen atoms in total. The number of carbonyl (C=O) groups excluding carboxylic acids is 2. The average molecular weight is 542 g/mol. The first-order chi connectivity index (χ1) is 17.8. The Hall–Kier alpha value is -3.02. The smallest absolute Gasteiger partial charge is 0.261 e. The van der Waals surface area contributed by atoms with Gasteiger partial charge < -0.3 is 15.0 Å². The largest absolute Gasteiger partial charge is 0.483 e. The number of nitrogens with zero attached hydrogens (tertiary/aromatic N) is 1. The summed E-state index contributed by atoms with van der Waals surface area (Å²) < 4.78 is 6.01. The van der Waals surface area contributed by atoms with Crippen molar-refractivity contribution in [3.05, 3.63) is 99.5 Å². The van der Waals surface area contributed by atoms with Crippen LogP contribution in [-0.4, -0.2) is 35.9 Å². The molecule has 0 saturated heterocycles. The summed E-state index contributed by atoms with van der Waals surface area (Å²) in [7, 11) is 0. The molecule has 0 aromatic heterocycles. The highest BCUT2D eigenvalue weighted by atomic mass is 35.5. The van der Waals surface area contributed by atoms with Crippen molar-refractivity contribution in [2.75, 3.05) is 13.2 Å². The van der Waals surface area contributed by atoms with E-state index in [9.17, 15) is 9.59 Å². The predicted molar refractivity (Wildman–Crippen MR) is 150 cm³/mol. The molecule has 1 N–H and O–H groups in total. The third-order valence-corrected chi connectivity index (χ3v) is 6.81. The second kappa shape index (κ2) is 14.1. The van der Waals surface area contributed by atoms with Crippen molar-refractivity contribution in [3.63, 3.8) is 0 Å². The van der Waals surface area contributed by atoms with Crippen LogP contribution in [0.4, 0.5) is 0 Å². The van der Waals surface area contributed by atoms with E-state index in [2.05, 4.69) is 19.2 Å². The van der Waals surface area contributed by atoms with Crippen LogP contribution in [0.5, 0.6) is 5.75 Å². The van der Waals surface area contributed by atoms with Gasteiger partial charge in [-0.3, -0.25) is 9.59 Å². The van der Waals surface area contributed by atoms with Crippen LogP contribution in [-0.2, 0) is 22.6 Å². The van der Waals surface area contributed by atoms with Crippen LogP contribution in [0.15, 0.2) is 72.8 Å². The van der Waals surface area contributed by atoms with Gasteiger partial charge in [-0.25, -0.2) is 0 Å². The molecule has 3 aromatic carbocycles. The second-order valence-corrected chi connectivity index (χ2v) is 10.0. The maximum Gasteiger partial charge on any atom is 0.261 e. The van der Waals surface area contributed by atoms with E-state index in [1.54, 1.807) is 18.2 Å². The molecule has 0 aliphatic heterocycles. The van der Waals surface area contributed by atoms with E-state index in [1.807, 2.05) is 61.5 Å². The fourth-order valence-corrected chi connectivity index (χ4v) is 4.60. The Morgan fingerprint density at radius 2 is 1.57 bits per heavy atom. The summed E-state index contributed by atoms with van der Waals surface area (Å²) in [5.74, 6) is 0.318. The van der Waals surface area contributed by atoms with Gasteiger partial charge in [0.2, 0.25) is 5.91 Å². The number of hydrogen-bond donors (Lipinski definition) is 1. The minimum atomic E-state index is -0.780. The van der Waals surface area contributed by atoms with Gasteiger partial charge in [0.1, 0.15) is 11.8 Å². The van der Waals surface area contributed by atoms with Crippen LogP contribution in [0.25, 0.3) is 0 Å². The molecule has 3 aromatic rings. The molecule has 0 fully saturated rings. The van der Waals surface area contributed by atoms with Crippen molar-refractivity contribution in [1.29, 1.82) is 0 Å². The zero-order chi connectivity index (χ0) is 26.8. The van der Waals surface area contributed by atoms with Gasteiger partial charge in [-0.2, -0.15) is 0 Å². The van der Waals surface area contributed by atoms with Gasteiger partial charge in [-0.05, 0) is 41.7 Å². The van der Waals surface area contributed by atoms with Crippen LogP contribution in [0.3, 0.4) is 0 Å². The molecule has 196 valence electrons. The van der Waals surface area contributed by atoms with Gasteiger partial charge in [0.25, 0.3) is 5.91 Å². The zero-order valence-corrected chi connectivity index (χ0v) is 23.1. The minimum Gasteiger partial charge on any atom is -0.483 e. The monoisotopic (exact) mass is 540 g/mol. The lowest BCUT2D eigenvalue weighted by Gasteiger charge is -2.32. The molecule has 37 heavy (non-hydrogen) atoms. The molecule has 0 aliphatic rings. The van der Waals surface area contributed by atoms with Gasteiger partial charge in [0.05, 0.1) is 0 Å². The van der Waals surface area contributed by atoms with Gasteiger partial charge in [-0.15, -0.1) is 0 Å². The van der Waals surface area contributed by atoms with Gasteiger partial charge in [0, 0.05) is 35.1 Å². The summed E-state index contributed by atoms with van der Waals surface area (Å²) in [6.07, 6.45) is 1.12. The Morgan fingerprint density at radius 1 is 0.919 bits per heavy atom. The standard InChI is InChI=1S/C30H34Cl2N2O3/c1-4-17-33-30(36)27(18-22-11-6-5-7-12-22)34(19-24-25(31)14-10-15-26(24)32)29(35)20-37-28-16-9-8-13-23(28)21(2)3/h5-16,21,27H,4,17-20H2,1-3H3,(H,33,36)/t27-/m0/s1. The Bertz CT molecular complexity index is 1160. The third-order valence-electron chi connectivity index (χ3n) is 6.10. The predicted octanol–water partition coefficient (Wildman–Crippen LogP) is 6.66. The molecule has 0 unspecified atom stereocenters. The van der Waals surface area contributed by atoms with Crippen molar-refractivity contribution < 1.29 is 14.3 Å². The van der Waals surface area contributed by atoms with Crippen LogP contribution in [0.1, 0.15) is 49.8 Å². The summed E-state index contributed by atoms with van der Waals surface area (Å²) in [4.78, 5) is 28.7. The lowest BCUT2D eigenvalue weighted by atomic mass is 10.0. The van der Waals surface area contributed by atoms with E-state index in [0.717, 1.165) is 17.5 Å². The Morgan fingerprint density at radius 3 is 2.22 bits per heavy atom. The van der Waals surface area contributed by atoms with E-state index >= 15 is 0 Å². The van der Waals surface area contributed by atoms with Crippen LogP contribution >= 0.6 is 23.2 Å². The number of hydrogen-bond acceptors (Lipinski definition) is 3. The Balaban J connectivity index is 1.96. The molecule has 1 atom stereocenters. The van der Waals surface area contributed by atoms with Crippen molar-refractivity contribution >= 4 is 35.0 Å². The van der Waals surface area contributed by atoms with Crippen LogP contribution in [0.2, 0.25) is 10.0 Å². The Labute approximate surface area is 229 Å². The van der Waals surface area contributed by atoms with Gasteiger partial charge >= 0.3 is 0 Å². The number of benzene rings is 3. The molecule has 0 radical (unpaired) electrons. The number of para-hydroxylation sites is 1. The molecule has 0 saturated carbocycles. The number of halogens is 2. The first kappa shape index (κ1) is 28.5. The van der Waals surface area contributed by atoms with E-state index in [1.165, 1.54) is 4.90 Å². The highest BCUT2D eigenvalue weighted by Gasteiger charge is 2.31.